The number of fused-ring (bicyclic) bond motifs is 1. The lowest BCUT2D eigenvalue weighted by Crippen LogP contribution is -2.35. The molecule has 2 aromatic carbocycles. The van der Waals surface area contributed by atoms with E-state index in [9.17, 15) is 4.79 Å². The molecule has 1 saturated heterocycles. The van der Waals surface area contributed by atoms with E-state index >= 15 is 0 Å². The predicted molar refractivity (Wildman–Crippen MR) is 101 cm³/mol. The van der Waals surface area contributed by atoms with Crippen molar-refractivity contribution in [3.05, 3.63) is 71.9 Å². The standard InChI is InChI=1S/C21H23N3O/c25-21(16-10-11-22-12-16)24-13-18(15-6-2-1-3-7-15)19-14-23-20-9-5-4-8-17(19)20/h1-9,14,16,18,22-23H,10-13H2,(H,24,25). The highest BCUT2D eigenvalue weighted by Crippen LogP contribution is 2.30. The van der Waals surface area contributed by atoms with Crippen molar-refractivity contribution in [3.8, 4) is 0 Å². The Hall–Kier alpha value is -2.59. The average molecular weight is 333 g/mol. The third kappa shape index (κ3) is 3.30. The molecular formula is C21H23N3O. The largest absolute Gasteiger partial charge is 0.361 e. The van der Waals surface area contributed by atoms with Gasteiger partial charge in [-0.25, -0.2) is 0 Å². The van der Waals surface area contributed by atoms with Crippen molar-refractivity contribution in [1.29, 1.82) is 0 Å². The van der Waals surface area contributed by atoms with Crippen LogP contribution in [0.3, 0.4) is 0 Å². The van der Waals surface area contributed by atoms with E-state index in [1.807, 2.05) is 12.1 Å². The fraction of sp³-hybridized carbons (Fsp3) is 0.286. The Morgan fingerprint density at radius 2 is 1.92 bits per heavy atom. The molecule has 0 aliphatic carbocycles. The fourth-order valence-electron chi connectivity index (χ4n) is 3.70. The molecule has 1 aromatic heterocycles. The van der Waals surface area contributed by atoms with Crippen LogP contribution >= 0.6 is 0 Å². The lowest BCUT2D eigenvalue weighted by molar-refractivity contribution is -0.124. The number of aromatic amines is 1. The highest BCUT2D eigenvalue weighted by Gasteiger charge is 2.24. The third-order valence-corrected chi connectivity index (χ3v) is 5.11. The molecule has 128 valence electrons. The van der Waals surface area contributed by atoms with E-state index < -0.39 is 0 Å². The van der Waals surface area contributed by atoms with Crippen molar-refractivity contribution < 1.29 is 4.79 Å². The first-order valence-corrected chi connectivity index (χ1v) is 8.92. The van der Waals surface area contributed by atoms with E-state index in [0.29, 0.717) is 6.54 Å². The highest BCUT2D eigenvalue weighted by atomic mass is 16.1. The van der Waals surface area contributed by atoms with Crippen LogP contribution < -0.4 is 10.6 Å². The number of para-hydroxylation sites is 1. The molecule has 25 heavy (non-hydrogen) atoms. The van der Waals surface area contributed by atoms with Crippen LogP contribution in [0.25, 0.3) is 10.9 Å². The number of nitrogens with one attached hydrogen (secondary N) is 3. The quantitative estimate of drug-likeness (QED) is 0.672. The number of hydrogen-bond acceptors (Lipinski definition) is 2. The summed E-state index contributed by atoms with van der Waals surface area (Å²) in [6.45, 7) is 2.33. The van der Waals surface area contributed by atoms with Gasteiger partial charge < -0.3 is 15.6 Å². The molecular weight excluding hydrogens is 310 g/mol. The van der Waals surface area contributed by atoms with Crippen LogP contribution in [0, 0.1) is 5.92 Å². The first kappa shape index (κ1) is 15.9. The number of amides is 1. The van der Waals surface area contributed by atoms with Gasteiger partial charge in [0.25, 0.3) is 0 Å². The normalized spacial score (nSPS) is 18.3. The van der Waals surface area contributed by atoms with E-state index in [1.165, 1.54) is 16.5 Å². The molecule has 4 heteroatoms. The van der Waals surface area contributed by atoms with Gasteiger partial charge in [-0.2, -0.15) is 0 Å². The maximum Gasteiger partial charge on any atom is 0.224 e. The minimum absolute atomic E-state index is 0.0967. The smallest absolute Gasteiger partial charge is 0.224 e. The Balaban J connectivity index is 1.62. The molecule has 4 nitrogen and oxygen atoms in total. The lowest BCUT2D eigenvalue weighted by atomic mass is 9.90. The summed E-state index contributed by atoms with van der Waals surface area (Å²) < 4.78 is 0. The van der Waals surface area contributed by atoms with E-state index in [-0.39, 0.29) is 17.7 Å². The summed E-state index contributed by atoms with van der Waals surface area (Å²) in [6, 6.07) is 18.7. The highest BCUT2D eigenvalue weighted by molar-refractivity contribution is 5.84. The second-order valence-electron chi connectivity index (χ2n) is 6.69. The molecule has 1 fully saturated rings. The zero-order valence-electron chi connectivity index (χ0n) is 14.2. The molecule has 3 N–H and O–H groups in total. The maximum atomic E-state index is 12.5. The summed E-state index contributed by atoms with van der Waals surface area (Å²) >= 11 is 0. The molecule has 0 spiro atoms. The van der Waals surface area contributed by atoms with E-state index in [2.05, 4.69) is 64.3 Å². The van der Waals surface area contributed by atoms with Gasteiger partial charge in [0.1, 0.15) is 0 Å². The van der Waals surface area contributed by atoms with Crippen molar-refractivity contribution in [1.82, 2.24) is 15.6 Å². The molecule has 0 bridgehead atoms. The van der Waals surface area contributed by atoms with Gasteiger partial charge in [0.05, 0.1) is 5.92 Å². The number of rotatable bonds is 5. The van der Waals surface area contributed by atoms with Gasteiger partial charge in [0, 0.05) is 36.1 Å². The van der Waals surface area contributed by atoms with E-state index in [1.54, 1.807) is 0 Å². The Labute approximate surface area is 147 Å². The first-order chi connectivity index (χ1) is 12.3. The zero-order valence-corrected chi connectivity index (χ0v) is 14.2. The molecule has 2 atom stereocenters. The number of H-pyrrole nitrogens is 1. The van der Waals surface area contributed by atoms with E-state index in [4.69, 9.17) is 0 Å². The van der Waals surface area contributed by atoms with Gasteiger partial charge in [-0.1, -0.05) is 48.5 Å². The molecule has 0 saturated carbocycles. The second-order valence-corrected chi connectivity index (χ2v) is 6.69. The molecule has 1 aliphatic heterocycles. The van der Waals surface area contributed by atoms with Crippen LogP contribution in [0.1, 0.15) is 23.5 Å². The monoisotopic (exact) mass is 333 g/mol. The zero-order chi connectivity index (χ0) is 17.1. The van der Waals surface area contributed by atoms with Crippen LogP contribution in [0.5, 0.6) is 0 Å². The van der Waals surface area contributed by atoms with Gasteiger partial charge in [0.2, 0.25) is 5.91 Å². The summed E-state index contributed by atoms with van der Waals surface area (Å²) in [6.07, 6.45) is 3.00. The van der Waals surface area contributed by atoms with Crippen LogP contribution in [-0.2, 0) is 4.79 Å². The summed E-state index contributed by atoms with van der Waals surface area (Å²) in [5.41, 5.74) is 3.58. The Kier molecular flexibility index (Phi) is 4.53. The van der Waals surface area contributed by atoms with Crippen LogP contribution in [0.2, 0.25) is 0 Å². The van der Waals surface area contributed by atoms with Crippen molar-refractivity contribution >= 4 is 16.8 Å². The fourth-order valence-corrected chi connectivity index (χ4v) is 3.70. The Bertz CT molecular complexity index is 850. The summed E-state index contributed by atoms with van der Waals surface area (Å²) in [7, 11) is 0. The topological polar surface area (TPSA) is 56.9 Å². The number of carbonyl (C=O) groups excluding carboxylic acids is 1. The predicted octanol–water partition coefficient (Wildman–Crippen LogP) is 3.03. The van der Waals surface area contributed by atoms with Crippen molar-refractivity contribution in [2.75, 3.05) is 19.6 Å². The molecule has 4 rings (SSSR count). The van der Waals surface area contributed by atoms with Crippen molar-refractivity contribution in [2.24, 2.45) is 5.92 Å². The summed E-state index contributed by atoms with van der Waals surface area (Å²) in [5.74, 6) is 0.390. The SMILES string of the molecule is O=C(NCC(c1ccccc1)c1c[nH]c2ccccc12)C1CCNC1. The Morgan fingerprint density at radius 1 is 1.12 bits per heavy atom. The van der Waals surface area contributed by atoms with Gasteiger partial charge in [-0.05, 0) is 30.2 Å². The summed E-state index contributed by atoms with van der Waals surface area (Å²) in [5, 5.41) is 7.66. The Morgan fingerprint density at radius 3 is 2.72 bits per heavy atom. The minimum Gasteiger partial charge on any atom is -0.361 e. The third-order valence-electron chi connectivity index (χ3n) is 5.11. The van der Waals surface area contributed by atoms with Crippen LogP contribution in [0.4, 0.5) is 0 Å². The molecule has 3 aromatic rings. The van der Waals surface area contributed by atoms with Crippen molar-refractivity contribution in [3.63, 3.8) is 0 Å². The molecule has 1 aliphatic rings. The first-order valence-electron chi connectivity index (χ1n) is 8.92. The molecule has 2 unspecified atom stereocenters. The van der Waals surface area contributed by atoms with Gasteiger partial charge >= 0.3 is 0 Å². The molecule has 2 heterocycles. The second kappa shape index (κ2) is 7.11. The number of benzene rings is 2. The molecule has 1 amide bonds. The van der Waals surface area contributed by atoms with Crippen molar-refractivity contribution in [2.45, 2.75) is 12.3 Å². The number of carbonyl (C=O) groups is 1. The summed E-state index contributed by atoms with van der Waals surface area (Å²) in [4.78, 5) is 15.8. The molecule has 0 radical (unpaired) electrons. The lowest BCUT2D eigenvalue weighted by Gasteiger charge is -2.19. The van der Waals surface area contributed by atoms with Crippen LogP contribution in [-0.4, -0.2) is 30.5 Å². The van der Waals surface area contributed by atoms with Crippen LogP contribution in [0.15, 0.2) is 60.8 Å². The maximum absolute atomic E-state index is 12.5. The van der Waals surface area contributed by atoms with E-state index in [0.717, 1.165) is 25.0 Å². The van der Waals surface area contributed by atoms with Gasteiger partial charge in [0.15, 0.2) is 0 Å². The number of aromatic nitrogens is 1. The van der Waals surface area contributed by atoms with Gasteiger partial charge in [-0.15, -0.1) is 0 Å². The number of hydrogen-bond donors (Lipinski definition) is 3. The average Bonchev–Trinajstić information content (AvgIpc) is 3.33. The minimum atomic E-state index is 0.0967. The van der Waals surface area contributed by atoms with Gasteiger partial charge in [-0.3, -0.25) is 4.79 Å².